The number of aromatic nitrogens is 2. The van der Waals surface area contributed by atoms with Gasteiger partial charge in [0.2, 0.25) is 0 Å². The van der Waals surface area contributed by atoms with Crippen LogP contribution in [-0.2, 0) is 18.8 Å². The fourth-order valence-electron chi connectivity index (χ4n) is 3.17. The lowest BCUT2D eigenvalue weighted by Crippen LogP contribution is -2.22. The van der Waals surface area contributed by atoms with Gasteiger partial charge in [-0.2, -0.15) is 0 Å². The van der Waals surface area contributed by atoms with Gasteiger partial charge in [-0.15, -0.1) is 0 Å². The summed E-state index contributed by atoms with van der Waals surface area (Å²) >= 11 is 1.49. The molecule has 0 unspecified atom stereocenters. The lowest BCUT2D eigenvalue weighted by atomic mass is 10.1. The van der Waals surface area contributed by atoms with E-state index >= 15 is 0 Å². The van der Waals surface area contributed by atoms with Gasteiger partial charge >= 0.3 is 0 Å². The van der Waals surface area contributed by atoms with Crippen LogP contribution in [-0.4, -0.2) is 15.5 Å². The van der Waals surface area contributed by atoms with E-state index in [2.05, 4.69) is 10.3 Å². The predicted octanol–water partition coefficient (Wildman–Crippen LogP) is 4.23. The number of thioether (sulfide) groups is 1. The third-order valence-electron chi connectivity index (χ3n) is 4.70. The maximum atomic E-state index is 12.8. The summed E-state index contributed by atoms with van der Waals surface area (Å²) in [5, 5.41) is 4.15. The Hall–Kier alpha value is -3.32. The van der Waals surface area contributed by atoms with Crippen molar-refractivity contribution in [2.75, 3.05) is 0 Å². The molecule has 0 radical (unpaired) electrons. The lowest BCUT2D eigenvalue weighted by molar-refractivity contribution is 0.0948. The van der Waals surface area contributed by atoms with E-state index in [1.54, 1.807) is 29.0 Å². The molecule has 0 aliphatic heterocycles. The summed E-state index contributed by atoms with van der Waals surface area (Å²) in [6.07, 6.45) is 1.58. The average molecular weight is 420 g/mol. The first-order valence-corrected chi connectivity index (χ1v) is 10.7. The van der Waals surface area contributed by atoms with Crippen LogP contribution in [0.15, 0.2) is 81.3 Å². The van der Waals surface area contributed by atoms with Crippen molar-refractivity contribution < 1.29 is 9.21 Å². The van der Waals surface area contributed by atoms with Gasteiger partial charge in [-0.1, -0.05) is 36.0 Å². The molecule has 0 atom stereocenters. The lowest BCUT2D eigenvalue weighted by Gasteiger charge is -2.11. The van der Waals surface area contributed by atoms with Crippen LogP contribution >= 0.6 is 11.8 Å². The highest BCUT2D eigenvalue weighted by Crippen LogP contribution is 2.22. The van der Waals surface area contributed by atoms with E-state index in [4.69, 9.17) is 4.42 Å². The zero-order chi connectivity index (χ0) is 20.9. The van der Waals surface area contributed by atoms with Gasteiger partial charge in [0, 0.05) is 17.9 Å². The number of hydrogen-bond acceptors (Lipinski definition) is 5. The van der Waals surface area contributed by atoms with Crippen LogP contribution in [0.4, 0.5) is 0 Å². The Balaban J connectivity index is 1.49. The summed E-state index contributed by atoms with van der Waals surface area (Å²) in [7, 11) is 0. The Bertz CT molecular complexity index is 1230. The van der Waals surface area contributed by atoms with Crippen LogP contribution in [0.3, 0.4) is 0 Å². The minimum atomic E-state index is -0.160. The number of carbonyl (C=O) groups is 1. The minimum absolute atomic E-state index is 0.0309. The molecule has 4 aromatic rings. The minimum Gasteiger partial charge on any atom is -0.467 e. The average Bonchev–Trinajstić information content (AvgIpc) is 3.30. The van der Waals surface area contributed by atoms with Gasteiger partial charge in [0.05, 0.1) is 23.7 Å². The van der Waals surface area contributed by atoms with Crippen molar-refractivity contribution in [1.29, 1.82) is 0 Å². The molecule has 0 bridgehead atoms. The van der Waals surface area contributed by atoms with Gasteiger partial charge in [-0.05, 0) is 48.9 Å². The van der Waals surface area contributed by atoms with Gasteiger partial charge in [-0.25, -0.2) is 4.98 Å². The molecule has 1 amide bonds. The van der Waals surface area contributed by atoms with Gasteiger partial charge in [0.25, 0.3) is 11.5 Å². The Kier molecular flexibility index (Phi) is 5.99. The molecular weight excluding hydrogens is 398 g/mol. The maximum absolute atomic E-state index is 12.8. The zero-order valence-electron chi connectivity index (χ0n) is 16.5. The molecule has 0 fully saturated rings. The third-order valence-corrected chi connectivity index (χ3v) is 5.75. The number of fused-ring (bicyclic) bond motifs is 1. The normalized spacial score (nSPS) is 11.0. The van der Waals surface area contributed by atoms with E-state index < -0.39 is 0 Å². The Morgan fingerprint density at radius 1 is 1.13 bits per heavy atom. The van der Waals surface area contributed by atoms with E-state index in [0.29, 0.717) is 46.2 Å². The molecule has 2 aromatic heterocycles. The standard InChI is InChI=1S/C23H21N3O3S/c1-2-26-22(28)19-10-3-4-11-20(19)25-23(26)30-15-16-7-5-8-17(13-16)21(27)24-14-18-9-6-12-29-18/h3-13H,2,14-15H2,1H3,(H,24,27). The molecule has 0 aliphatic rings. The Morgan fingerprint density at radius 3 is 2.80 bits per heavy atom. The molecule has 2 heterocycles. The zero-order valence-corrected chi connectivity index (χ0v) is 17.3. The number of para-hydroxylation sites is 1. The number of carbonyl (C=O) groups excluding carboxylic acids is 1. The van der Waals surface area contributed by atoms with Crippen LogP contribution in [0, 0.1) is 0 Å². The molecule has 2 aromatic carbocycles. The van der Waals surface area contributed by atoms with Crippen molar-refractivity contribution in [1.82, 2.24) is 14.9 Å². The molecule has 0 saturated carbocycles. The van der Waals surface area contributed by atoms with Crippen LogP contribution in [0.2, 0.25) is 0 Å². The number of amides is 1. The fraction of sp³-hybridized carbons (Fsp3) is 0.174. The smallest absolute Gasteiger partial charge is 0.262 e. The molecule has 0 spiro atoms. The quantitative estimate of drug-likeness (QED) is 0.358. The topological polar surface area (TPSA) is 77.1 Å². The molecule has 30 heavy (non-hydrogen) atoms. The molecule has 1 N–H and O–H groups in total. The first kappa shape index (κ1) is 20.0. The summed E-state index contributed by atoms with van der Waals surface area (Å²) in [6.45, 7) is 2.83. The number of hydrogen-bond donors (Lipinski definition) is 1. The predicted molar refractivity (Wildman–Crippen MR) is 118 cm³/mol. The highest BCUT2D eigenvalue weighted by molar-refractivity contribution is 7.98. The van der Waals surface area contributed by atoms with Gasteiger partial charge < -0.3 is 9.73 Å². The van der Waals surface area contributed by atoms with Crippen molar-refractivity contribution in [2.24, 2.45) is 0 Å². The van der Waals surface area contributed by atoms with Crippen molar-refractivity contribution >= 4 is 28.6 Å². The monoisotopic (exact) mass is 419 g/mol. The van der Waals surface area contributed by atoms with Crippen molar-refractivity contribution in [3.63, 3.8) is 0 Å². The molecule has 7 heteroatoms. The van der Waals surface area contributed by atoms with Gasteiger partial charge in [0.1, 0.15) is 5.76 Å². The van der Waals surface area contributed by atoms with E-state index in [9.17, 15) is 9.59 Å². The summed E-state index contributed by atoms with van der Waals surface area (Å²) < 4.78 is 6.93. The second-order valence-corrected chi connectivity index (χ2v) is 7.65. The molecule has 4 rings (SSSR count). The summed E-state index contributed by atoms with van der Waals surface area (Å²) in [4.78, 5) is 29.9. The van der Waals surface area contributed by atoms with E-state index in [0.717, 1.165) is 5.56 Å². The third kappa shape index (κ3) is 4.31. The van der Waals surface area contributed by atoms with E-state index in [1.807, 2.05) is 49.4 Å². The molecule has 152 valence electrons. The van der Waals surface area contributed by atoms with E-state index in [1.165, 1.54) is 11.8 Å². The van der Waals surface area contributed by atoms with Crippen LogP contribution in [0.1, 0.15) is 28.6 Å². The van der Waals surface area contributed by atoms with Gasteiger partial charge in [-0.3, -0.25) is 14.2 Å². The number of furan rings is 1. The largest absolute Gasteiger partial charge is 0.467 e. The maximum Gasteiger partial charge on any atom is 0.262 e. The highest BCUT2D eigenvalue weighted by Gasteiger charge is 2.11. The summed E-state index contributed by atoms with van der Waals surface area (Å²) in [6, 6.07) is 18.4. The Morgan fingerprint density at radius 2 is 2.00 bits per heavy atom. The summed E-state index contributed by atoms with van der Waals surface area (Å²) in [5.41, 5.74) is 2.23. The summed E-state index contributed by atoms with van der Waals surface area (Å²) in [5.74, 6) is 1.15. The SMILES string of the molecule is CCn1c(SCc2cccc(C(=O)NCc3ccco3)c2)nc2ccccc2c1=O. The fourth-order valence-corrected chi connectivity index (χ4v) is 4.18. The Labute approximate surface area is 177 Å². The van der Waals surface area contributed by atoms with Crippen molar-refractivity contribution in [2.45, 2.75) is 30.9 Å². The first-order valence-electron chi connectivity index (χ1n) is 9.67. The number of nitrogens with one attached hydrogen (secondary N) is 1. The second-order valence-electron chi connectivity index (χ2n) is 6.71. The van der Waals surface area contributed by atoms with Crippen LogP contribution in [0.5, 0.6) is 0 Å². The number of nitrogens with zero attached hydrogens (tertiary/aromatic N) is 2. The highest BCUT2D eigenvalue weighted by atomic mass is 32.2. The molecule has 0 saturated heterocycles. The van der Waals surface area contributed by atoms with Crippen molar-refractivity contribution in [3.8, 4) is 0 Å². The van der Waals surface area contributed by atoms with Gasteiger partial charge in [0.15, 0.2) is 5.16 Å². The van der Waals surface area contributed by atoms with Crippen LogP contribution < -0.4 is 10.9 Å². The second kappa shape index (κ2) is 9.00. The molecule has 6 nitrogen and oxygen atoms in total. The molecular formula is C23H21N3O3S. The number of rotatable bonds is 7. The molecule has 0 aliphatic carbocycles. The first-order chi connectivity index (χ1) is 14.7. The van der Waals surface area contributed by atoms with Crippen molar-refractivity contribution in [3.05, 3.63) is 94.2 Å². The number of benzene rings is 2. The van der Waals surface area contributed by atoms with E-state index in [-0.39, 0.29) is 11.5 Å². The van der Waals surface area contributed by atoms with Crippen LogP contribution in [0.25, 0.3) is 10.9 Å².